The molecule has 0 saturated carbocycles. The lowest BCUT2D eigenvalue weighted by atomic mass is 10.2. The Hall–Kier alpha value is -4.00. The van der Waals surface area contributed by atoms with Crippen LogP contribution in [0.4, 0.5) is 4.39 Å². The van der Waals surface area contributed by atoms with Gasteiger partial charge in [0, 0.05) is 12.1 Å². The summed E-state index contributed by atoms with van der Waals surface area (Å²) in [7, 11) is 0. The third-order valence-electron chi connectivity index (χ3n) is 5.07. The number of carbonyl (C=O) groups is 1. The zero-order chi connectivity index (χ0) is 22.5. The number of hydrogen-bond acceptors (Lipinski definition) is 4. The second-order valence-corrected chi connectivity index (χ2v) is 7.29. The Morgan fingerprint density at radius 2 is 1.84 bits per heavy atom. The predicted octanol–water partition coefficient (Wildman–Crippen LogP) is 4.30. The summed E-state index contributed by atoms with van der Waals surface area (Å²) in [5, 5.41) is 0.511. The van der Waals surface area contributed by atoms with E-state index < -0.39 is 0 Å². The lowest BCUT2D eigenvalue weighted by Crippen LogP contribution is -2.32. The fourth-order valence-electron chi connectivity index (χ4n) is 3.37. The minimum Gasteiger partial charge on any atom is -0.489 e. The van der Waals surface area contributed by atoms with Crippen molar-refractivity contribution >= 4 is 16.8 Å². The summed E-state index contributed by atoms with van der Waals surface area (Å²) in [6, 6.07) is 20.0. The number of halogens is 1. The van der Waals surface area contributed by atoms with Crippen LogP contribution in [0.25, 0.3) is 10.9 Å². The smallest absolute Gasteiger partial charge is 0.258 e. The van der Waals surface area contributed by atoms with Crippen LogP contribution in [0.3, 0.4) is 0 Å². The number of para-hydroxylation sites is 1. The number of H-pyrrole nitrogens is 1. The molecule has 162 valence electrons. The van der Waals surface area contributed by atoms with E-state index in [-0.39, 0.29) is 30.4 Å². The van der Waals surface area contributed by atoms with Crippen LogP contribution < -0.4 is 10.3 Å². The molecule has 0 saturated heterocycles. The number of ether oxygens (including phenoxy) is 1. The second kappa shape index (κ2) is 9.43. The van der Waals surface area contributed by atoms with Gasteiger partial charge in [0.05, 0.1) is 17.4 Å². The fourth-order valence-corrected chi connectivity index (χ4v) is 3.37. The van der Waals surface area contributed by atoms with E-state index in [9.17, 15) is 14.0 Å². The summed E-state index contributed by atoms with van der Waals surface area (Å²) in [5.74, 6) is 0.458. The van der Waals surface area contributed by atoms with Crippen molar-refractivity contribution in [2.24, 2.45) is 0 Å². The van der Waals surface area contributed by atoms with Gasteiger partial charge in [0.25, 0.3) is 11.5 Å². The number of amides is 1. The molecule has 0 aliphatic rings. The van der Waals surface area contributed by atoms with Gasteiger partial charge in [0.15, 0.2) is 0 Å². The number of hydrogen-bond donors (Lipinski definition) is 1. The standard InChI is InChI=1S/C25H22FN3O3/c1-2-29(15-23-27-22-9-4-3-8-21(22)24(30)28-23)25(31)18-6-5-7-20(14-18)32-16-17-10-12-19(26)13-11-17/h3-14H,2,15-16H2,1H3,(H,27,28,30). The van der Waals surface area contributed by atoms with Crippen LogP contribution in [0.1, 0.15) is 28.7 Å². The molecule has 4 aromatic rings. The molecule has 0 fully saturated rings. The van der Waals surface area contributed by atoms with E-state index in [0.29, 0.717) is 34.6 Å². The quantitative estimate of drug-likeness (QED) is 0.473. The van der Waals surface area contributed by atoms with Crippen LogP contribution in [0.5, 0.6) is 5.75 Å². The Morgan fingerprint density at radius 1 is 1.06 bits per heavy atom. The van der Waals surface area contributed by atoms with Crippen molar-refractivity contribution in [2.75, 3.05) is 6.54 Å². The molecule has 0 radical (unpaired) electrons. The second-order valence-electron chi connectivity index (χ2n) is 7.29. The van der Waals surface area contributed by atoms with E-state index in [1.54, 1.807) is 59.5 Å². The Balaban J connectivity index is 1.49. The number of nitrogens with one attached hydrogen (secondary N) is 1. The molecule has 1 heterocycles. The molecule has 0 unspecified atom stereocenters. The zero-order valence-electron chi connectivity index (χ0n) is 17.5. The highest BCUT2D eigenvalue weighted by atomic mass is 19.1. The summed E-state index contributed by atoms with van der Waals surface area (Å²) in [6.07, 6.45) is 0. The normalized spacial score (nSPS) is 10.8. The van der Waals surface area contributed by atoms with Gasteiger partial charge < -0.3 is 14.6 Å². The number of aromatic amines is 1. The molecular formula is C25H22FN3O3. The first kappa shape index (κ1) is 21.2. The van der Waals surface area contributed by atoms with Crippen LogP contribution in [0.15, 0.2) is 77.6 Å². The van der Waals surface area contributed by atoms with Crippen molar-refractivity contribution < 1.29 is 13.9 Å². The van der Waals surface area contributed by atoms with Gasteiger partial charge in [0.1, 0.15) is 24.0 Å². The first-order valence-corrected chi connectivity index (χ1v) is 10.3. The number of aromatic nitrogens is 2. The maximum atomic E-state index is 13.1. The molecule has 0 aliphatic heterocycles. The topological polar surface area (TPSA) is 75.3 Å². The number of benzene rings is 3. The average molecular weight is 431 g/mol. The third kappa shape index (κ3) is 4.83. The van der Waals surface area contributed by atoms with Crippen molar-refractivity contribution in [3.63, 3.8) is 0 Å². The van der Waals surface area contributed by atoms with E-state index in [4.69, 9.17) is 4.74 Å². The Kier molecular flexibility index (Phi) is 6.26. The third-order valence-corrected chi connectivity index (χ3v) is 5.07. The number of carbonyl (C=O) groups excluding carboxylic acids is 1. The average Bonchev–Trinajstić information content (AvgIpc) is 2.82. The first-order valence-electron chi connectivity index (χ1n) is 10.3. The minimum atomic E-state index is -0.303. The molecule has 3 aromatic carbocycles. The van der Waals surface area contributed by atoms with Crippen molar-refractivity contribution in [2.45, 2.75) is 20.1 Å². The van der Waals surface area contributed by atoms with Gasteiger partial charge in [-0.15, -0.1) is 0 Å². The number of nitrogens with zero attached hydrogens (tertiary/aromatic N) is 2. The molecular weight excluding hydrogens is 409 g/mol. The van der Waals surface area contributed by atoms with Crippen LogP contribution in [0, 0.1) is 5.82 Å². The van der Waals surface area contributed by atoms with Crippen molar-refractivity contribution in [3.8, 4) is 5.75 Å². The van der Waals surface area contributed by atoms with Crippen molar-refractivity contribution in [1.82, 2.24) is 14.9 Å². The van der Waals surface area contributed by atoms with E-state index >= 15 is 0 Å². The molecule has 1 aromatic heterocycles. The molecule has 4 rings (SSSR count). The molecule has 6 nitrogen and oxygen atoms in total. The molecule has 32 heavy (non-hydrogen) atoms. The van der Waals surface area contributed by atoms with Crippen LogP contribution in [0.2, 0.25) is 0 Å². The molecule has 0 aliphatic carbocycles. The highest BCUT2D eigenvalue weighted by molar-refractivity contribution is 5.94. The van der Waals surface area contributed by atoms with Gasteiger partial charge >= 0.3 is 0 Å². The lowest BCUT2D eigenvalue weighted by Gasteiger charge is -2.21. The van der Waals surface area contributed by atoms with Gasteiger partial charge in [-0.1, -0.05) is 30.3 Å². The maximum absolute atomic E-state index is 13.1. The molecule has 7 heteroatoms. The predicted molar refractivity (Wildman–Crippen MR) is 120 cm³/mol. The molecule has 1 amide bonds. The van der Waals surface area contributed by atoms with E-state index in [2.05, 4.69) is 9.97 Å². The van der Waals surface area contributed by atoms with Gasteiger partial charge in [-0.25, -0.2) is 9.37 Å². The van der Waals surface area contributed by atoms with E-state index in [1.807, 2.05) is 13.0 Å². The number of rotatable bonds is 7. The first-order chi connectivity index (χ1) is 15.5. The molecule has 0 atom stereocenters. The Bertz CT molecular complexity index is 1300. The molecule has 0 bridgehead atoms. The van der Waals surface area contributed by atoms with E-state index in [1.165, 1.54) is 12.1 Å². The highest BCUT2D eigenvalue weighted by Crippen LogP contribution is 2.18. The summed E-state index contributed by atoms with van der Waals surface area (Å²) in [4.78, 5) is 34.3. The molecule has 0 spiro atoms. The summed E-state index contributed by atoms with van der Waals surface area (Å²) < 4.78 is 18.8. The summed E-state index contributed by atoms with van der Waals surface area (Å²) in [6.45, 7) is 2.75. The van der Waals surface area contributed by atoms with Gasteiger partial charge in [0.2, 0.25) is 0 Å². The SMILES string of the molecule is CCN(Cc1nc2ccccc2c(=O)[nH]1)C(=O)c1cccc(OCc2ccc(F)cc2)c1. The largest absolute Gasteiger partial charge is 0.489 e. The monoisotopic (exact) mass is 431 g/mol. The Morgan fingerprint density at radius 3 is 2.62 bits per heavy atom. The minimum absolute atomic E-state index is 0.177. The lowest BCUT2D eigenvalue weighted by molar-refractivity contribution is 0.0748. The van der Waals surface area contributed by atoms with Gasteiger partial charge in [-0.3, -0.25) is 9.59 Å². The van der Waals surface area contributed by atoms with E-state index in [0.717, 1.165) is 5.56 Å². The van der Waals surface area contributed by atoms with Crippen molar-refractivity contribution in [1.29, 1.82) is 0 Å². The van der Waals surface area contributed by atoms with Crippen LogP contribution in [-0.2, 0) is 13.2 Å². The summed E-state index contributed by atoms with van der Waals surface area (Å²) >= 11 is 0. The van der Waals surface area contributed by atoms with Gasteiger partial charge in [-0.2, -0.15) is 0 Å². The summed E-state index contributed by atoms with van der Waals surface area (Å²) in [5.41, 5.74) is 1.65. The van der Waals surface area contributed by atoms with Crippen LogP contribution in [-0.4, -0.2) is 27.3 Å². The zero-order valence-corrected chi connectivity index (χ0v) is 17.5. The Labute approximate surface area is 184 Å². The maximum Gasteiger partial charge on any atom is 0.258 e. The van der Waals surface area contributed by atoms with Crippen LogP contribution >= 0.6 is 0 Å². The number of fused-ring (bicyclic) bond motifs is 1. The fraction of sp³-hybridized carbons (Fsp3) is 0.160. The highest BCUT2D eigenvalue weighted by Gasteiger charge is 2.17. The van der Waals surface area contributed by atoms with Gasteiger partial charge in [-0.05, 0) is 55.0 Å². The molecule has 1 N–H and O–H groups in total. The van der Waals surface area contributed by atoms with Crippen molar-refractivity contribution in [3.05, 3.63) is 106 Å².